The molecule has 0 spiro atoms. The van der Waals surface area contributed by atoms with Gasteiger partial charge >= 0.3 is 18.6 Å². The molecule has 1 saturated carbocycles. The highest BCUT2D eigenvalue weighted by Crippen LogP contribution is 2.39. The van der Waals surface area contributed by atoms with Crippen LogP contribution in [0.15, 0.2) is 67.0 Å². The molecule has 3 saturated heterocycles. The van der Waals surface area contributed by atoms with Crippen LogP contribution in [0.1, 0.15) is 69.1 Å². The van der Waals surface area contributed by atoms with Gasteiger partial charge < -0.3 is 23.7 Å². The normalized spacial score (nSPS) is 20.0. The standard InChI is InChI=1S/C40H42Cl2F2N3O8S/c1-51-31-5-3-2-4-27(31)37(39(49)54-35-21-46-14-12-24(35)13-15-46)45-18-26-9-11-36(56-26)38(48)53-33(17-28-29(41)19-47(50)20-30(28)42)25-8-10-32(55-40(43)44)34(16-25)52-22-23-6-7-23/h2-5,8-11,16,19-20,23-24,33,35,37,40,45,50H,6-7,12-15,17-18,21-22H2,1H3/q+1/t33-,35-,37?/m0/s1. The average Bonchev–Trinajstić information content (AvgIpc) is 3.89. The molecule has 2 aromatic heterocycles. The third-order valence-electron chi connectivity index (χ3n) is 10.3. The molecule has 1 aliphatic carbocycles. The molecule has 0 radical (unpaired) electrons. The summed E-state index contributed by atoms with van der Waals surface area (Å²) in [5.74, 6) is 0.0617. The van der Waals surface area contributed by atoms with E-state index >= 15 is 0 Å². The summed E-state index contributed by atoms with van der Waals surface area (Å²) in [6.45, 7) is 0.233. The van der Waals surface area contributed by atoms with E-state index in [0.29, 0.717) is 45.6 Å². The Morgan fingerprint density at radius 3 is 2.43 bits per heavy atom. The molecule has 0 amide bonds. The number of carbonyl (C=O) groups is 2. The summed E-state index contributed by atoms with van der Waals surface area (Å²) in [7, 11) is 1.55. The molecule has 2 bridgehead atoms. The third-order valence-corrected chi connectivity index (χ3v) is 12.0. The number of rotatable bonds is 17. The number of esters is 2. The minimum absolute atomic E-state index is 0.0243. The van der Waals surface area contributed by atoms with Crippen LogP contribution in [0.25, 0.3) is 0 Å². The lowest BCUT2D eigenvalue weighted by atomic mass is 9.86. The number of carbonyl (C=O) groups excluding carboxylic acids is 2. The lowest BCUT2D eigenvalue weighted by molar-refractivity contribution is -0.904. The topological polar surface area (TPSA) is 120 Å². The number of hydrogen-bond acceptors (Lipinski definition) is 11. The van der Waals surface area contributed by atoms with Crippen molar-refractivity contribution in [2.24, 2.45) is 11.8 Å². The molecule has 4 aliphatic rings. The van der Waals surface area contributed by atoms with Crippen molar-refractivity contribution in [3.05, 3.63) is 103 Å². The number of thiophene rings is 1. The highest BCUT2D eigenvalue weighted by atomic mass is 35.5. The summed E-state index contributed by atoms with van der Waals surface area (Å²) in [4.78, 5) is 31.0. The van der Waals surface area contributed by atoms with Gasteiger partial charge in [0.15, 0.2) is 11.5 Å². The van der Waals surface area contributed by atoms with E-state index in [-0.39, 0.29) is 45.5 Å². The molecule has 2 N–H and O–H groups in total. The van der Waals surface area contributed by atoms with Crippen molar-refractivity contribution in [3.63, 3.8) is 0 Å². The Morgan fingerprint density at radius 2 is 1.75 bits per heavy atom. The number of pyridine rings is 1. The molecule has 1 unspecified atom stereocenters. The molecular weight excluding hydrogens is 791 g/mol. The van der Waals surface area contributed by atoms with E-state index in [9.17, 15) is 23.6 Å². The number of piperidine rings is 3. The number of methoxy groups -OCH3 is 1. The molecule has 5 heterocycles. The van der Waals surface area contributed by atoms with E-state index in [4.69, 9.17) is 46.9 Å². The first-order chi connectivity index (χ1) is 27.0. The first kappa shape index (κ1) is 40.0. The van der Waals surface area contributed by atoms with E-state index in [1.54, 1.807) is 25.3 Å². The number of halogens is 4. The maximum Gasteiger partial charge on any atom is 0.387 e. The molecule has 3 aliphatic heterocycles. The predicted octanol–water partition coefficient (Wildman–Crippen LogP) is 7.59. The Morgan fingerprint density at radius 1 is 1.00 bits per heavy atom. The number of benzene rings is 2. The SMILES string of the molecule is COc1ccccc1C(NCc1ccc(C(=O)O[C@@H](Cc2c(Cl)c[n+](O)cc2Cl)c2ccc(OC(F)F)c(OCC3CC3)c2)s1)C(=O)O[C@H]1CN2CCC1CC2. The van der Waals surface area contributed by atoms with E-state index in [0.717, 1.165) is 50.2 Å². The fourth-order valence-electron chi connectivity index (χ4n) is 7.13. The lowest BCUT2D eigenvalue weighted by Crippen LogP contribution is -2.52. The van der Waals surface area contributed by atoms with Crippen molar-refractivity contribution in [3.8, 4) is 17.2 Å². The van der Waals surface area contributed by atoms with Crippen LogP contribution in [0.4, 0.5) is 8.78 Å². The molecule has 8 rings (SSSR count). The first-order valence-electron chi connectivity index (χ1n) is 18.4. The Kier molecular flexibility index (Phi) is 12.8. The van der Waals surface area contributed by atoms with Gasteiger partial charge in [0.2, 0.25) is 12.4 Å². The van der Waals surface area contributed by atoms with Crippen molar-refractivity contribution in [2.45, 2.75) is 63.5 Å². The summed E-state index contributed by atoms with van der Waals surface area (Å²) in [5, 5.41) is 13.5. The molecule has 16 heteroatoms. The number of para-hydroxylation sites is 1. The van der Waals surface area contributed by atoms with Crippen LogP contribution in [0.2, 0.25) is 10.0 Å². The maximum atomic E-state index is 13.8. The van der Waals surface area contributed by atoms with Crippen molar-refractivity contribution < 1.29 is 52.0 Å². The van der Waals surface area contributed by atoms with E-state index in [1.807, 2.05) is 18.2 Å². The van der Waals surface area contributed by atoms with Gasteiger partial charge in [-0.25, -0.2) is 9.59 Å². The number of fused-ring (bicyclic) bond motifs is 3. The van der Waals surface area contributed by atoms with Crippen molar-refractivity contribution in [2.75, 3.05) is 33.4 Å². The summed E-state index contributed by atoms with van der Waals surface area (Å²) in [6, 6.07) is 14.2. The highest BCUT2D eigenvalue weighted by molar-refractivity contribution is 7.13. The zero-order valence-electron chi connectivity index (χ0n) is 30.5. The molecule has 56 heavy (non-hydrogen) atoms. The van der Waals surface area contributed by atoms with Crippen molar-refractivity contribution in [1.82, 2.24) is 10.2 Å². The summed E-state index contributed by atoms with van der Waals surface area (Å²) in [5.41, 5.74) is 1.43. The second kappa shape index (κ2) is 17.9. The van der Waals surface area contributed by atoms with Crippen LogP contribution in [-0.2, 0) is 27.2 Å². The quantitative estimate of drug-likeness (QED) is 0.0626. The zero-order chi connectivity index (χ0) is 39.3. The second-order valence-electron chi connectivity index (χ2n) is 14.2. The fraction of sp³-hybridized carbons (Fsp3) is 0.425. The number of nitrogens with one attached hydrogen (secondary N) is 1. The van der Waals surface area contributed by atoms with Crippen LogP contribution in [-0.4, -0.2) is 68.1 Å². The zero-order valence-corrected chi connectivity index (χ0v) is 32.8. The lowest BCUT2D eigenvalue weighted by Gasteiger charge is -2.44. The number of nitrogens with zero attached hydrogens (tertiary/aromatic N) is 2. The first-order valence-corrected chi connectivity index (χ1v) is 20.0. The van der Waals surface area contributed by atoms with Crippen molar-refractivity contribution in [1.29, 1.82) is 0 Å². The molecule has 4 aromatic rings. The largest absolute Gasteiger partial charge is 0.496 e. The van der Waals surface area contributed by atoms with E-state index < -0.39 is 30.7 Å². The van der Waals surface area contributed by atoms with E-state index in [1.165, 1.54) is 41.9 Å². The van der Waals surface area contributed by atoms with Crippen LogP contribution in [0.3, 0.4) is 0 Å². The average molecular weight is 834 g/mol. The van der Waals surface area contributed by atoms with Gasteiger partial charge in [0.1, 0.15) is 38.9 Å². The Balaban J connectivity index is 1.10. The number of hydrogen-bond donors (Lipinski definition) is 2. The molecule has 11 nitrogen and oxygen atoms in total. The summed E-state index contributed by atoms with van der Waals surface area (Å²) >= 11 is 14.1. The Bertz CT molecular complexity index is 2000. The molecule has 298 valence electrons. The van der Waals surface area contributed by atoms with Gasteiger partial charge in [0, 0.05) is 40.2 Å². The van der Waals surface area contributed by atoms with Crippen LogP contribution < -0.4 is 24.3 Å². The monoisotopic (exact) mass is 832 g/mol. The molecule has 2 aromatic carbocycles. The van der Waals surface area contributed by atoms with Crippen LogP contribution in [0, 0.1) is 11.8 Å². The van der Waals surface area contributed by atoms with Gasteiger partial charge in [-0.05, 0) is 86.5 Å². The Labute approximate surface area is 336 Å². The predicted molar refractivity (Wildman–Crippen MR) is 203 cm³/mol. The van der Waals surface area contributed by atoms with E-state index in [2.05, 4.69) is 10.2 Å². The highest BCUT2D eigenvalue weighted by Gasteiger charge is 2.38. The van der Waals surface area contributed by atoms with Crippen LogP contribution >= 0.6 is 34.5 Å². The molecular formula is C40H42Cl2F2N3O8S+. The van der Waals surface area contributed by atoms with Gasteiger partial charge in [0.05, 0.1) is 13.7 Å². The Hall–Kier alpha value is -4.21. The van der Waals surface area contributed by atoms with Gasteiger partial charge in [-0.2, -0.15) is 8.78 Å². The van der Waals surface area contributed by atoms with Gasteiger partial charge in [-0.3, -0.25) is 15.4 Å². The van der Waals surface area contributed by atoms with Gasteiger partial charge in [0.25, 0.3) is 0 Å². The minimum atomic E-state index is -3.08. The van der Waals surface area contributed by atoms with Gasteiger partial charge in [-0.1, -0.05) is 47.5 Å². The van der Waals surface area contributed by atoms with Crippen LogP contribution in [0.5, 0.6) is 17.2 Å². The molecule has 3 atom stereocenters. The van der Waals surface area contributed by atoms with Crippen molar-refractivity contribution >= 4 is 46.5 Å². The maximum absolute atomic E-state index is 13.8. The number of alkyl halides is 2. The number of aromatic nitrogens is 1. The smallest absolute Gasteiger partial charge is 0.387 e. The van der Waals surface area contributed by atoms with Gasteiger partial charge in [-0.15, -0.1) is 11.3 Å². The molecule has 4 fully saturated rings. The summed E-state index contributed by atoms with van der Waals surface area (Å²) < 4.78 is 55.7. The number of ether oxygens (including phenoxy) is 5. The fourth-order valence-corrected chi connectivity index (χ4v) is 8.58. The third kappa shape index (κ3) is 9.83. The minimum Gasteiger partial charge on any atom is -0.496 e. The summed E-state index contributed by atoms with van der Waals surface area (Å²) in [6.07, 6.45) is 5.22. The second-order valence-corrected chi connectivity index (χ2v) is 16.2.